The normalized spacial score (nSPS) is 10.7. The summed E-state index contributed by atoms with van der Waals surface area (Å²) in [7, 11) is 0. The minimum absolute atomic E-state index is 0.242. The molecule has 2 aromatic carbocycles. The Morgan fingerprint density at radius 1 is 0.893 bits per heavy atom. The van der Waals surface area contributed by atoms with Gasteiger partial charge in [0.05, 0.1) is 19.3 Å². The third-order valence-corrected chi connectivity index (χ3v) is 4.41. The molecule has 0 unspecified atom stereocenters. The SMILES string of the molecule is O=C(NCc1ccccc1Cn1cccn1)c1cn(Cc2ccccc2)nn1. The minimum atomic E-state index is -0.242. The fourth-order valence-electron chi connectivity index (χ4n) is 2.97. The van der Waals surface area contributed by atoms with Gasteiger partial charge in [-0.15, -0.1) is 5.10 Å². The quantitative estimate of drug-likeness (QED) is 0.541. The van der Waals surface area contributed by atoms with E-state index in [4.69, 9.17) is 0 Å². The summed E-state index contributed by atoms with van der Waals surface area (Å²) in [4.78, 5) is 12.5. The predicted octanol–water partition coefficient (Wildman–Crippen LogP) is 2.50. The summed E-state index contributed by atoms with van der Waals surface area (Å²) in [5.41, 5.74) is 3.56. The van der Waals surface area contributed by atoms with Crippen molar-refractivity contribution in [2.75, 3.05) is 0 Å². The van der Waals surface area contributed by atoms with Crippen LogP contribution in [0.5, 0.6) is 0 Å². The highest BCUT2D eigenvalue weighted by molar-refractivity contribution is 5.91. The maximum absolute atomic E-state index is 12.5. The van der Waals surface area contributed by atoms with Crippen molar-refractivity contribution in [3.63, 3.8) is 0 Å². The molecule has 0 bridgehead atoms. The number of nitrogens with one attached hydrogen (secondary N) is 1. The molecule has 2 heterocycles. The third kappa shape index (κ3) is 4.32. The topological polar surface area (TPSA) is 77.6 Å². The van der Waals surface area contributed by atoms with E-state index >= 15 is 0 Å². The first kappa shape index (κ1) is 17.7. The highest BCUT2D eigenvalue weighted by Crippen LogP contribution is 2.11. The number of hydrogen-bond donors (Lipinski definition) is 1. The van der Waals surface area contributed by atoms with Gasteiger partial charge in [0.25, 0.3) is 5.91 Å². The fourth-order valence-corrected chi connectivity index (χ4v) is 2.97. The van der Waals surface area contributed by atoms with E-state index in [0.717, 1.165) is 16.7 Å². The van der Waals surface area contributed by atoms with Crippen molar-refractivity contribution in [2.24, 2.45) is 0 Å². The smallest absolute Gasteiger partial charge is 0.273 e. The molecule has 0 atom stereocenters. The molecule has 0 radical (unpaired) electrons. The van der Waals surface area contributed by atoms with Gasteiger partial charge in [-0.3, -0.25) is 9.48 Å². The Morgan fingerprint density at radius 3 is 2.46 bits per heavy atom. The molecule has 2 aromatic heterocycles. The second-order valence-corrected chi connectivity index (χ2v) is 6.44. The molecule has 7 nitrogen and oxygen atoms in total. The molecule has 28 heavy (non-hydrogen) atoms. The number of nitrogens with zero attached hydrogens (tertiary/aromatic N) is 5. The zero-order valence-corrected chi connectivity index (χ0v) is 15.3. The fraction of sp³-hybridized carbons (Fsp3) is 0.143. The van der Waals surface area contributed by atoms with Gasteiger partial charge in [-0.2, -0.15) is 5.10 Å². The van der Waals surface area contributed by atoms with Gasteiger partial charge in [0.2, 0.25) is 0 Å². The molecule has 0 spiro atoms. The van der Waals surface area contributed by atoms with Gasteiger partial charge in [0.15, 0.2) is 5.69 Å². The van der Waals surface area contributed by atoms with Crippen molar-refractivity contribution in [3.8, 4) is 0 Å². The van der Waals surface area contributed by atoms with Crippen molar-refractivity contribution >= 4 is 5.91 Å². The summed E-state index contributed by atoms with van der Waals surface area (Å²) in [5, 5.41) is 15.2. The number of amides is 1. The van der Waals surface area contributed by atoms with Crippen LogP contribution < -0.4 is 5.32 Å². The van der Waals surface area contributed by atoms with Crippen LogP contribution in [0.4, 0.5) is 0 Å². The number of hydrogen-bond acceptors (Lipinski definition) is 4. The molecule has 0 saturated carbocycles. The molecule has 1 N–H and O–H groups in total. The maximum atomic E-state index is 12.5. The van der Waals surface area contributed by atoms with Crippen LogP contribution in [-0.4, -0.2) is 30.7 Å². The summed E-state index contributed by atoms with van der Waals surface area (Å²) < 4.78 is 3.52. The highest BCUT2D eigenvalue weighted by Gasteiger charge is 2.12. The van der Waals surface area contributed by atoms with Gasteiger partial charge < -0.3 is 5.32 Å². The zero-order chi connectivity index (χ0) is 19.2. The van der Waals surface area contributed by atoms with E-state index in [2.05, 4.69) is 20.7 Å². The molecule has 0 aliphatic heterocycles. The largest absolute Gasteiger partial charge is 0.347 e. The van der Waals surface area contributed by atoms with E-state index in [1.54, 1.807) is 17.1 Å². The lowest BCUT2D eigenvalue weighted by molar-refractivity contribution is 0.0945. The molecular weight excluding hydrogens is 352 g/mol. The number of benzene rings is 2. The van der Waals surface area contributed by atoms with Gasteiger partial charge in [-0.25, -0.2) is 4.68 Å². The molecule has 0 aliphatic carbocycles. The predicted molar refractivity (Wildman–Crippen MR) is 105 cm³/mol. The van der Waals surface area contributed by atoms with Crippen molar-refractivity contribution in [1.82, 2.24) is 30.1 Å². The second-order valence-electron chi connectivity index (χ2n) is 6.44. The summed E-state index contributed by atoms with van der Waals surface area (Å²) >= 11 is 0. The van der Waals surface area contributed by atoms with Crippen molar-refractivity contribution in [1.29, 1.82) is 0 Å². The maximum Gasteiger partial charge on any atom is 0.273 e. The van der Waals surface area contributed by atoms with Crippen LogP contribution in [0.2, 0.25) is 0 Å². The average Bonchev–Trinajstić information content (AvgIpc) is 3.40. The van der Waals surface area contributed by atoms with E-state index in [-0.39, 0.29) is 5.91 Å². The molecule has 140 valence electrons. The lowest BCUT2D eigenvalue weighted by atomic mass is 10.1. The molecule has 0 saturated heterocycles. The van der Waals surface area contributed by atoms with Gasteiger partial charge in [-0.1, -0.05) is 59.8 Å². The molecule has 4 aromatic rings. The molecular formula is C21H20N6O. The van der Waals surface area contributed by atoms with Crippen LogP contribution in [0.3, 0.4) is 0 Å². The second kappa shape index (κ2) is 8.30. The molecule has 4 rings (SSSR count). The zero-order valence-electron chi connectivity index (χ0n) is 15.3. The highest BCUT2D eigenvalue weighted by atomic mass is 16.2. The van der Waals surface area contributed by atoms with Gasteiger partial charge in [0.1, 0.15) is 0 Å². The molecule has 7 heteroatoms. The van der Waals surface area contributed by atoms with Gasteiger partial charge in [0, 0.05) is 18.9 Å². The monoisotopic (exact) mass is 372 g/mol. The Hall–Kier alpha value is -3.74. The Labute approximate surface area is 162 Å². The van der Waals surface area contributed by atoms with Crippen molar-refractivity contribution < 1.29 is 4.79 Å². The number of aromatic nitrogens is 5. The standard InChI is InChI=1S/C21H20N6O/c28-21(20-16-27(25-24-20)14-17-7-2-1-3-8-17)22-13-18-9-4-5-10-19(18)15-26-12-6-11-23-26/h1-12,16H,13-15H2,(H,22,28). The molecule has 0 fully saturated rings. The lowest BCUT2D eigenvalue weighted by Gasteiger charge is -2.10. The van der Waals surface area contributed by atoms with Crippen LogP contribution in [0.15, 0.2) is 79.3 Å². The first-order chi connectivity index (χ1) is 13.8. The van der Waals surface area contributed by atoms with Gasteiger partial charge in [-0.05, 0) is 22.8 Å². The van der Waals surface area contributed by atoms with Crippen LogP contribution in [0.1, 0.15) is 27.2 Å². The first-order valence-corrected chi connectivity index (χ1v) is 9.04. The van der Waals surface area contributed by atoms with E-state index in [9.17, 15) is 4.79 Å². The third-order valence-electron chi connectivity index (χ3n) is 4.41. The van der Waals surface area contributed by atoms with Crippen LogP contribution in [0.25, 0.3) is 0 Å². The van der Waals surface area contributed by atoms with Crippen LogP contribution in [0, 0.1) is 0 Å². The molecule has 1 amide bonds. The van der Waals surface area contributed by atoms with Crippen molar-refractivity contribution in [2.45, 2.75) is 19.6 Å². The van der Waals surface area contributed by atoms with E-state index in [0.29, 0.717) is 25.3 Å². The van der Waals surface area contributed by atoms with Gasteiger partial charge >= 0.3 is 0 Å². The molecule has 0 aliphatic rings. The summed E-state index contributed by atoms with van der Waals surface area (Å²) in [6, 6.07) is 19.8. The Balaban J connectivity index is 1.39. The Kier molecular flexibility index (Phi) is 5.24. The number of carbonyl (C=O) groups excluding carboxylic acids is 1. The van der Waals surface area contributed by atoms with E-state index in [1.165, 1.54) is 0 Å². The summed E-state index contributed by atoms with van der Waals surface area (Å²) in [5.74, 6) is -0.242. The van der Waals surface area contributed by atoms with Crippen LogP contribution in [-0.2, 0) is 19.6 Å². The number of carbonyl (C=O) groups is 1. The van der Waals surface area contributed by atoms with Crippen molar-refractivity contribution in [3.05, 3.63) is 102 Å². The van der Waals surface area contributed by atoms with Crippen LogP contribution >= 0.6 is 0 Å². The number of rotatable bonds is 7. The first-order valence-electron chi connectivity index (χ1n) is 9.04. The van der Waals surface area contributed by atoms with E-state index < -0.39 is 0 Å². The minimum Gasteiger partial charge on any atom is -0.347 e. The summed E-state index contributed by atoms with van der Waals surface area (Å²) in [6.07, 6.45) is 5.33. The summed E-state index contributed by atoms with van der Waals surface area (Å²) in [6.45, 7) is 1.65. The Morgan fingerprint density at radius 2 is 1.68 bits per heavy atom. The average molecular weight is 372 g/mol. The Bertz CT molecular complexity index is 1040. The lowest BCUT2D eigenvalue weighted by Crippen LogP contribution is -2.24. The van der Waals surface area contributed by atoms with E-state index in [1.807, 2.05) is 71.5 Å².